The van der Waals surface area contributed by atoms with Crippen LogP contribution in [0.3, 0.4) is 0 Å². The number of thioether (sulfide) groups is 1. The average molecular weight is 442 g/mol. The number of carbonyl (C=O) groups is 2. The van der Waals surface area contributed by atoms with Gasteiger partial charge in [0.2, 0.25) is 11.8 Å². The van der Waals surface area contributed by atoms with E-state index in [0.29, 0.717) is 10.7 Å². The summed E-state index contributed by atoms with van der Waals surface area (Å²) in [7, 11) is 1.47. The summed E-state index contributed by atoms with van der Waals surface area (Å²) in [6, 6.07) is 11.0. The van der Waals surface area contributed by atoms with E-state index in [1.807, 2.05) is 0 Å². The minimum Gasteiger partial charge on any atom is -0.325 e. The molecule has 1 N–H and O–H groups in total. The molecule has 5 nitrogen and oxygen atoms in total. The van der Waals surface area contributed by atoms with E-state index in [1.165, 1.54) is 24.1 Å². The standard InChI is InChI=1S/C19H15ClF3N3O2S/c1-26-16(27)10-15(17(28)24-14-7-3-5-12(20)9-14)29-18(26)25-13-6-2-4-11(8-13)19(21,22)23/h2-9,15H,10H2,1H3,(H,24,28)/t15-/m0/s1. The van der Waals surface area contributed by atoms with Gasteiger partial charge in [-0.2, -0.15) is 13.2 Å². The van der Waals surface area contributed by atoms with E-state index in [4.69, 9.17) is 11.6 Å². The molecule has 1 fully saturated rings. The van der Waals surface area contributed by atoms with E-state index >= 15 is 0 Å². The second-order valence-corrected chi connectivity index (χ2v) is 7.81. The first-order valence-electron chi connectivity index (χ1n) is 8.39. The Morgan fingerprint density at radius 1 is 1.24 bits per heavy atom. The van der Waals surface area contributed by atoms with Crippen LogP contribution in [-0.4, -0.2) is 34.2 Å². The second kappa shape index (κ2) is 8.46. The number of nitrogens with one attached hydrogen (secondary N) is 1. The minimum absolute atomic E-state index is 0.0397. The number of aliphatic imine (C=N–C) groups is 1. The normalized spacial score (nSPS) is 18.8. The molecule has 0 radical (unpaired) electrons. The molecule has 2 aromatic carbocycles. The van der Waals surface area contributed by atoms with E-state index < -0.39 is 22.9 Å². The van der Waals surface area contributed by atoms with Gasteiger partial charge in [0.15, 0.2) is 5.17 Å². The van der Waals surface area contributed by atoms with Crippen molar-refractivity contribution < 1.29 is 22.8 Å². The van der Waals surface area contributed by atoms with Gasteiger partial charge in [0.1, 0.15) is 5.25 Å². The number of anilines is 1. The number of benzene rings is 2. The Bertz CT molecular complexity index is 981. The van der Waals surface area contributed by atoms with E-state index in [1.54, 1.807) is 24.3 Å². The van der Waals surface area contributed by atoms with Crippen LogP contribution in [0.15, 0.2) is 53.5 Å². The van der Waals surface area contributed by atoms with Gasteiger partial charge in [0, 0.05) is 24.2 Å². The first-order chi connectivity index (χ1) is 13.6. The molecule has 0 aromatic heterocycles. The number of amides is 2. The smallest absolute Gasteiger partial charge is 0.325 e. The number of hydrogen-bond acceptors (Lipinski definition) is 4. The van der Waals surface area contributed by atoms with E-state index in [9.17, 15) is 22.8 Å². The summed E-state index contributed by atoms with van der Waals surface area (Å²) in [5, 5.41) is 2.50. The quantitative estimate of drug-likeness (QED) is 0.733. The summed E-state index contributed by atoms with van der Waals surface area (Å²) >= 11 is 6.91. The number of nitrogens with zero attached hydrogens (tertiary/aromatic N) is 2. The third-order valence-corrected chi connectivity index (χ3v) is 5.53. The molecule has 1 aliphatic heterocycles. The van der Waals surface area contributed by atoms with Crippen LogP contribution in [0.1, 0.15) is 12.0 Å². The Hall–Kier alpha value is -2.52. The highest BCUT2D eigenvalue weighted by Gasteiger charge is 2.34. The van der Waals surface area contributed by atoms with Crippen molar-refractivity contribution in [2.24, 2.45) is 4.99 Å². The predicted molar refractivity (Wildman–Crippen MR) is 107 cm³/mol. The third-order valence-electron chi connectivity index (χ3n) is 4.05. The Morgan fingerprint density at radius 3 is 2.66 bits per heavy atom. The molecule has 29 heavy (non-hydrogen) atoms. The van der Waals surface area contributed by atoms with E-state index in [-0.39, 0.29) is 23.2 Å². The molecule has 1 atom stereocenters. The van der Waals surface area contributed by atoms with Crippen molar-refractivity contribution in [3.63, 3.8) is 0 Å². The minimum atomic E-state index is -4.50. The molecule has 152 valence electrons. The van der Waals surface area contributed by atoms with Crippen molar-refractivity contribution in [3.05, 3.63) is 59.1 Å². The number of rotatable bonds is 3. The number of hydrogen-bond donors (Lipinski definition) is 1. The zero-order valence-corrected chi connectivity index (χ0v) is 16.6. The van der Waals surface area contributed by atoms with Crippen molar-refractivity contribution in [3.8, 4) is 0 Å². The predicted octanol–water partition coefficient (Wildman–Crippen LogP) is 4.95. The van der Waals surface area contributed by atoms with Crippen molar-refractivity contribution >= 4 is 51.7 Å². The molecule has 2 amide bonds. The summed E-state index contributed by atoms with van der Waals surface area (Å²) < 4.78 is 38.7. The largest absolute Gasteiger partial charge is 0.416 e. The summed E-state index contributed by atoms with van der Waals surface area (Å²) in [5.74, 6) is -0.781. The molecule has 1 saturated heterocycles. The van der Waals surface area contributed by atoms with E-state index in [2.05, 4.69) is 10.3 Å². The molecule has 0 aliphatic carbocycles. The van der Waals surface area contributed by atoms with Gasteiger partial charge in [-0.05, 0) is 36.4 Å². The highest BCUT2D eigenvalue weighted by Crippen LogP contribution is 2.33. The van der Waals surface area contributed by atoms with Gasteiger partial charge in [0.25, 0.3) is 0 Å². The molecule has 3 rings (SSSR count). The molecule has 1 aliphatic rings. The summed E-state index contributed by atoms with van der Waals surface area (Å²) in [6.45, 7) is 0. The lowest BCUT2D eigenvalue weighted by molar-refractivity contribution is -0.137. The Balaban J connectivity index is 1.81. The van der Waals surface area contributed by atoms with Crippen LogP contribution in [0.2, 0.25) is 5.02 Å². The van der Waals surface area contributed by atoms with Crippen molar-refractivity contribution in [1.82, 2.24) is 4.90 Å². The van der Waals surface area contributed by atoms with Crippen LogP contribution in [0, 0.1) is 0 Å². The van der Waals surface area contributed by atoms with Crippen molar-refractivity contribution in [1.29, 1.82) is 0 Å². The fourth-order valence-electron chi connectivity index (χ4n) is 2.55. The van der Waals surface area contributed by atoms with Crippen LogP contribution < -0.4 is 5.32 Å². The second-order valence-electron chi connectivity index (χ2n) is 6.21. The molecule has 10 heteroatoms. The van der Waals surface area contributed by atoms with Crippen LogP contribution in [0.25, 0.3) is 0 Å². The zero-order valence-electron chi connectivity index (χ0n) is 15.0. The third kappa shape index (κ3) is 5.30. The van der Waals surface area contributed by atoms with Crippen LogP contribution in [-0.2, 0) is 15.8 Å². The molecule has 0 bridgehead atoms. The highest BCUT2D eigenvalue weighted by molar-refractivity contribution is 8.15. The van der Waals surface area contributed by atoms with Gasteiger partial charge in [-0.3, -0.25) is 14.5 Å². The highest BCUT2D eigenvalue weighted by atomic mass is 35.5. The van der Waals surface area contributed by atoms with Gasteiger partial charge in [-0.25, -0.2) is 4.99 Å². The van der Waals surface area contributed by atoms with Gasteiger partial charge in [-0.1, -0.05) is 35.5 Å². The lowest BCUT2D eigenvalue weighted by atomic mass is 10.2. The Labute approximate surface area is 173 Å². The first kappa shape index (κ1) is 21.2. The maximum atomic E-state index is 12.9. The van der Waals surface area contributed by atoms with Crippen molar-refractivity contribution in [2.45, 2.75) is 17.8 Å². The number of amidine groups is 1. The topological polar surface area (TPSA) is 61.8 Å². The molecule has 0 spiro atoms. The summed E-state index contributed by atoms with van der Waals surface area (Å²) in [6.07, 6.45) is -4.56. The molecule has 2 aromatic rings. The summed E-state index contributed by atoms with van der Waals surface area (Å²) in [5.41, 5.74) is -0.326. The first-order valence-corrected chi connectivity index (χ1v) is 9.65. The van der Waals surface area contributed by atoms with Crippen LogP contribution in [0.5, 0.6) is 0 Å². The zero-order chi connectivity index (χ0) is 21.2. The van der Waals surface area contributed by atoms with Gasteiger partial charge in [0.05, 0.1) is 11.3 Å². The molecule has 0 saturated carbocycles. The molecular formula is C19H15ClF3N3O2S. The monoisotopic (exact) mass is 441 g/mol. The van der Waals surface area contributed by atoms with Crippen molar-refractivity contribution in [2.75, 3.05) is 12.4 Å². The average Bonchev–Trinajstić information content (AvgIpc) is 2.65. The summed E-state index contributed by atoms with van der Waals surface area (Å²) in [4.78, 5) is 30.2. The fourth-order valence-corrected chi connectivity index (χ4v) is 3.80. The number of carbonyl (C=O) groups excluding carboxylic acids is 2. The maximum Gasteiger partial charge on any atom is 0.416 e. The molecular weight excluding hydrogens is 427 g/mol. The number of halogens is 4. The van der Waals surface area contributed by atoms with Gasteiger partial charge in [-0.15, -0.1) is 0 Å². The Morgan fingerprint density at radius 2 is 1.97 bits per heavy atom. The maximum absolute atomic E-state index is 12.9. The lowest BCUT2D eigenvalue weighted by Gasteiger charge is -2.28. The lowest BCUT2D eigenvalue weighted by Crippen LogP contribution is -2.43. The van der Waals surface area contributed by atoms with Gasteiger partial charge >= 0.3 is 6.18 Å². The fraction of sp³-hybridized carbons (Fsp3) is 0.211. The Kier molecular flexibility index (Phi) is 6.18. The van der Waals surface area contributed by atoms with E-state index in [0.717, 1.165) is 23.9 Å². The van der Waals surface area contributed by atoms with Crippen LogP contribution >= 0.6 is 23.4 Å². The molecule has 0 unspecified atom stereocenters. The number of alkyl halides is 3. The molecule has 1 heterocycles. The van der Waals surface area contributed by atoms with Crippen LogP contribution in [0.4, 0.5) is 24.5 Å². The van der Waals surface area contributed by atoms with Gasteiger partial charge < -0.3 is 5.32 Å². The SMILES string of the molecule is CN1C(=O)C[C@@H](C(=O)Nc2cccc(Cl)c2)SC1=Nc1cccc(C(F)(F)F)c1.